The van der Waals surface area contributed by atoms with Crippen molar-refractivity contribution in [2.45, 2.75) is 63.7 Å². The van der Waals surface area contributed by atoms with Gasteiger partial charge in [0.2, 0.25) is 0 Å². The smallest absolute Gasteiger partial charge is 0.0596 e. The van der Waals surface area contributed by atoms with E-state index in [4.69, 9.17) is 11.6 Å². The van der Waals surface area contributed by atoms with Gasteiger partial charge >= 0.3 is 0 Å². The fraction of sp³-hybridized carbons (Fsp3) is 0.625. The third kappa shape index (κ3) is 7.15. The molecule has 0 aliphatic rings. The highest BCUT2D eigenvalue weighted by atomic mass is 79.9. The van der Waals surface area contributed by atoms with Crippen LogP contribution in [0.5, 0.6) is 0 Å². The fourth-order valence-corrected chi connectivity index (χ4v) is 3.56. The summed E-state index contributed by atoms with van der Waals surface area (Å²) in [6, 6.07) is 6.20. The van der Waals surface area contributed by atoms with Crippen molar-refractivity contribution >= 4 is 43.5 Å². The Morgan fingerprint density at radius 3 is 2.32 bits per heavy atom. The maximum atomic E-state index is 6.50. The van der Waals surface area contributed by atoms with Gasteiger partial charge in [-0.3, -0.25) is 0 Å². The van der Waals surface area contributed by atoms with Gasteiger partial charge in [0.15, 0.2) is 0 Å². The van der Waals surface area contributed by atoms with E-state index in [0.717, 1.165) is 15.4 Å². The van der Waals surface area contributed by atoms with E-state index in [9.17, 15) is 0 Å². The molecule has 0 amide bonds. The van der Waals surface area contributed by atoms with Gasteiger partial charge in [-0.25, -0.2) is 0 Å². The van der Waals surface area contributed by atoms with Crippen LogP contribution in [0.15, 0.2) is 27.1 Å². The van der Waals surface area contributed by atoms with Crippen LogP contribution in [-0.4, -0.2) is 0 Å². The predicted molar refractivity (Wildman–Crippen MR) is 93.0 cm³/mol. The molecule has 0 radical (unpaired) electrons. The van der Waals surface area contributed by atoms with Gasteiger partial charge in [0.25, 0.3) is 0 Å². The molecule has 1 rings (SSSR count). The van der Waals surface area contributed by atoms with Crippen LogP contribution in [0.4, 0.5) is 0 Å². The van der Waals surface area contributed by atoms with Crippen molar-refractivity contribution in [3.05, 3.63) is 32.7 Å². The van der Waals surface area contributed by atoms with Crippen molar-refractivity contribution in [3.8, 4) is 0 Å². The van der Waals surface area contributed by atoms with Crippen molar-refractivity contribution in [3.63, 3.8) is 0 Å². The first kappa shape index (κ1) is 17.5. The van der Waals surface area contributed by atoms with Crippen LogP contribution < -0.4 is 0 Å². The van der Waals surface area contributed by atoms with Crippen molar-refractivity contribution in [2.75, 3.05) is 0 Å². The fourth-order valence-electron chi connectivity index (χ4n) is 2.19. The average Bonchev–Trinajstić information content (AvgIpc) is 2.40. The van der Waals surface area contributed by atoms with E-state index >= 15 is 0 Å². The summed E-state index contributed by atoms with van der Waals surface area (Å²) in [7, 11) is 0. The standard InChI is InChI=1S/C16H23Br2Cl/c1-2-3-4-5-6-7-8-9-16(19)14-12-13(17)10-11-15(14)18/h10-12,16H,2-9H2,1H3. The largest absolute Gasteiger partial charge is 0.118 e. The third-order valence-electron chi connectivity index (χ3n) is 3.36. The van der Waals surface area contributed by atoms with Gasteiger partial charge in [0.05, 0.1) is 5.38 Å². The van der Waals surface area contributed by atoms with Crippen molar-refractivity contribution in [1.82, 2.24) is 0 Å². The van der Waals surface area contributed by atoms with Crippen LogP contribution >= 0.6 is 43.5 Å². The topological polar surface area (TPSA) is 0 Å². The molecule has 0 bridgehead atoms. The number of hydrogen-bond acceptors (Lipinski definition) is 0. The highest BCUT2D eigenvalue weighted by Crippen LogP contribution is 2.34. The Balaban J connectivity index is 2.23. The third-order valence-corrected chi connectivity index (χ3v) is 5.03. The van der Waals surface area contributed by atoms with Crippen LogP contribution in [0, 0.1) is 0 Å². The van der Waals surface area contributed by atoms with E-state index in [2.05, 4.69) is 50.9 Å². The summed E-state index contributed by atoms with van der Waals surface area (Å²) in [5.74, 6) is 0. The Hall–Kier alpha value is 0.470. The molecule has 1 aromatic carbocycles. The molecular formula is C16H23Br2Cl. The van der Waals surface area contributed by atoms with Crippen molar-refractivity contribution in [1.29, 1.82) is 0 Å². The average molecular weight is 411 g/mol. The molecule has 0 nitrogen and oxygen atoms in total. The number of hydrogen-bond donors (Lipinski definition) is 0. The Morgan fingerprint density at radius 1 is 1.00 bits per heavy atom. The number of rotatable bonds is 9. The summed E-state index contributed by atoms with van der Waals surface area (Å²) in [4.78, 5) is 0. The summed E-state index contributed by atoms with van der Waals surface area (Å²) < 4.78 is 2.20. The first-order valence-corrected chi connectivity index (χ1v) is 9.26. The van der Waals surface area contributed by atoms with E-state index in [1.165, 1.54) is 50.5 Å². The second-order valence-corrected chi connectivity index (χ2v) is 7.34. The minimum Gasteiger partial charge on any atom is -0.118 e. The molecule has 19 heavy (non-hydrogen) atoms. The summed E-state index contributed by atoms with van der Waals surface area (Å²) in [5, 5.41) is 0.113. The molecule has 0 spiro atoms. The van der Waals surface area contributed by atoms with Gasteiger partial charge in [-0.15, -0.1) is 11.6 Å². The molecule has 1 unspecified atom stereocenters. The molecule has 0 aliphatic heterocycles. The van der Waals surface area contributed by atoms with Gasteiger partial charge in [0, 0.05) is 8.95 Å². The molecule has 1 aromatic rings. The van der Waals surface area contributed by atoms with Gasteiger partial charge in [-0.05, 0) is 30.2 Å². The molecule has 0 fully saturated rings. The Labute approximate surface area is 139 Å². The molecule has 3 heteroatoms. The maximum Gasteiger partial charge on any atom is 0.0596 e. The second-order valence-electron chi connectivity index (χ2n) is 5.04. The molecular weight excluding hydrogens is 387 g/mol. The van der Waals surface area contributed by atoms with E-state index in [1.807, 2.05) is 6.07 Å². The zero-order valence-electron chi connectivity index (χ0n) is 11.6. The highest BCUT2D eigenvalue weighted by Gasteiger charge is 2.11. The van der Waals surface area contributed by atoms with E-state index in [-0.39, 0.29) is 5.38 Å². The van der Waals surface area contributed by atoms with Gasteiger partial charge < -0.3 is 0 Å². The summed E-state index contributed by atoms with van der Waals surface area (Å²) in [5.41, 5.74) is 1.20. The van der Waals surface area contributed by atoms with Crippen molar-refractivity contribution < 1.29 is 0 Å². The molecule has 0 saturated carbocycles. The minimum absolute atomic E-state index is 0.113. The second kappa shape index (κ2) is 10.2. The Morgan fingerprint density at radius 2 is 1.63 bits per heavy atom. The lowest BCUT2D eigenvalue weighted by molar-refractivity contribution is 0.571. The number of benzene rings is 1. The number of halogens is 3. The molecule has 0 saturated heterocycles. The van der Waals surface area contributed by atoms with Gasteiger partial charge in [-0.2, -0.15) is 0 Å². The normalized spacial score (nSPS) is 12.6. The molecule has 0 N–H and O–H groups in total. The highest BCUT2D eigenvalue weighted by molar-refractivity contribution is 9.11. The van der Waals surface area contributed by atoms with Crippen LogP contribution in [0.3, 0.4) is 0 Å². The lowest BCUT2D eigenvalue weighted by Crippen LogP contribution is -1.93. The van der Waals surface area contributed by atoms with Crippen LogP contribution in [0.2, 0.25) is 0 Å². The lowest BCUT2D eigenvalue weighted by Gasteiger charge is -2.12. The molecule has 0 heterocycles. The Bertz CT molecular complexity index is 366. The van der Waals surface area contributed by atoms with Crippen LogP contribution in [0.25, 0.3) is 0 Å². The Kier molecular flexibility index (Phi) is 9.44. The summed E-state index contributed by atoms with van der Waals surface area (Å²) in [6.45, 7) is 2.26. The zero-order valence-corrected chi connectivity index (χ0v) is 15.5. The monoisotopic (exact) mass is 408 g/mol. The van der Waals surface area contributed by atoms with Crippen molar-refractivity contribution in [2.24, 2.45) is 0 Å². The van der Waals surface area contributed by atoms with Crippen LogP contribution in [0.1, 0.15) is 69.2 Å². The first-order chi connectivity index (χ1) is 9.15. The quantitative estimate of drug-likeness (QED) is 0.290. The SMILES string of the molecule is CCCCCCCCCC(Cl)c1cc(Br)ccc1Br. The maximum absolute atomic E-state index is 6.50. The number of unbranched alkanes of at least 4 members (excludes halogenated alkanes) is 6. The van der Waals surface area contributed by atoms with E-state index in [0.29, 0.717) is 0 Å². The zero-order chi connectivity index (χ0) is 14.1. The lowest BCUT2D eigenvalue weighted by atomic mass is 10.0. The number of alkyl halides is 1. The molecule has 0 aromatic heterocycles. The van der Waals surface area contributed by atoms with Crippen LogP contribution in [-0.2, 0) is 0 Å². The van der Waals surface area contributed by atoms with Gasteiger partial charge in [0.1, 0.15) is 0 Å². The van der Waals surface area contributed by atoms with Gasteiger partial charge in [-0.1, -0.05) is 83.7 Å². The molecule has 108 valence electrons. The first-order valence-electron chi connectivity index (χ1n) is 7.24. The summed E-state index contributed by atoms with van der Waals surface area (Å²) >= 11 is 13.6. The molecule has 1 atom stereocenters. The summed E-state index contributed by atoms with van der Waals surface area (Å²) in [6.07, 6.45) is 10.4. The van der Waals surface area contributed by atoms with E-state index in [1.54, 1.807) is 0 Å². The minimum atomic E-state index is 0.113. The molecule has 0 aliphatic carbocycles. The predicted octanol–water partition coefficient (Wildman–Crippen LogP) is 7.63. The van der Waals surface area contributed by atoms with E-state index < -0.39 is 0 Å².